The Hall–Kier alpha value is -7.18. The number of aryl methyl sites for hydroxylation is 3. The van der Waals surface area contributed by atoms with E-state index in [1.54, 1.807) is 6.07 Å². The molecule has 0 bridgehead atoms. The molecule has 2 aliphatic carbocycles. The number of para-hydroxylation sites is 7. The van der Waals surface area contributed by atoms with Gasteiger partial charge in [-0.2, -0.15) is 0 Å². The highest BCUT2D eigenvalue weighted by atomic mass is 16.5. The van der Waals surface area contributed by atoms with Crippen LogP contribution in [-0.4, -0.2) is 135 Å². The van der Waals surface area contributed by atoms with Crippen molar-refractivity contribution in [3.8, 4) is 11.5 Å². The first kappa shape index (κ1) is 99.0. The summed E-state index contributed by atoms with van der Waals surface area (Å²) in [5.74, 6) is 3.54. The molecule has 0 aromatic heterocycles. The molecule has 7 aromatic carbocycles. The molecule has 2 saturated carbocycles. The van der Waals surface area contributed by atoms with Crippen LogP contribution in [0, 0.1) is 11.8 Å². The first-order valence-corrected chi connectivity index (χ1v) is 48.9. The molecule has 10 aliphatic rings. The number of phenolic OH excluding ortho intramolecular Hbond substituents is 1. The number of nitrogens with zero attached hydrogens (tertiary/aromatic N) is 8. The fourth-order valence-corrected chi connectivity index (χ4v) is 21.9. The van der Waals surface area contributed by atoms with Crippen LogP contribution >= 0.6 is 0 Å². The highest BCUT2D eigenvalue weighted by Crippen LogP contribution is 2.50. The Morgan fingerprint density at radius 3 is 1.35 bits per heavy atom. The molecule has 2 N–H and O–H groups in total. The third-order valence-corrected chi connectivity index (χ3v) is 28.4. The fraction of sp³-hybridized carbons (Fsp3) is 0.628. The number of aromatic hydroxyl groups is 1. The Kier molecular flexibility index (Phi) is 33.1. The molecule has 8 aliphatic heterocycles. The highest BCUT2D eigenvalue weighted by molar-refractivity contribution is 5.67. The minimum atomic E-state index is -0.631. The van der Waals surface area contributed by atoms with Crippen LogP contribution in [0.3, 0.4) is 0 Å². The van der Waals surface area contributed by atoms with Crippen molar-refractivity contribution < 1.29 is 14.9 Å². The molecule has 11 nitrogen and oxygen atoms in total. The van der Waals surface area contributed by atoms with Crippen LogP contribution in [0.1, 0.15) is 335 Å². The van der Waals surface area contributed by atoms with Gasteiger partial charge in [-0.05, 0) is 369 Å². The lowest BCUT2D eigenvalue weighted by Gasteiger charge is -2.56. The minimum absolute atomic E-state index is 0.0774. The van der Waals surface area contributed by atoms with Gasteiger partial charge in [0.2, 0.25) is 0 Å². The van der Waals surface area contributed by atoms with Crippen LogP contribution in [0.25, 0.3) is 0 Å². The topological polar surface area (TPSA) is 75.6 Å². The average molecular weight is 1690 g/mol. The summed E-state index contributed by atoms with van der Waals surface area (Å²) < 4.78 is 5.61. The van der Waals surface area contributed by atoms with Crippen molar-refractivity contribution in [2.45, 2.75) is 389 Å². The summed E-state index contributed by atoms with van der Waals surface area (Å²) in [4.78, 5) is 20.3. The van der Waals surface area contributed by atoms with Gasteiger partial charge in [-0.3, -0.25) is 9.80 Å². The Labute approximate surface area is 757 Å². The Balaban J connectivity index is 0.000000149. The number of fused-ring (bicyclic) bond motifs is 8. The minimum Gasteiger partial charge on any atom is -0.506 e. The van der Waals surface area contributed by atoms with E-state index in [2.05, 4.69) is 366 Å². The van der Waals surface area contributed by atoms with Crippen molar-refractivity contribution in [3.63, 3.8) is 0 Å². The fourth-order valence-electron chi connectivity index (χ4n) is 21.9. The van der Waals surface area contributed by atoms with Crippen molar-refractivity contribution in [3.05, 3.63) is 203 Å². The quantitative estimate of drug-likeness (QED) is 0.165. The Morgan fingerprint density at radius 1 is 0.331 bits per heavy atom. The monoisotopic (exact) mass is 1690 g/mol. The van der Waals surface area contributed by atoms with Gasteiger partial charge in [0.15, 0.2) is 0 Å². The van der Waals surface area contributed by atoms with Gasteiger partial charge in [-0.15, -0.1) is 0 Å². The summed E-state index contributed by atoms with van der Waals surface area (Å²) in [7, 11) is 0. The zero-order valence-corrected chi connectivity index (χ0v) is 83.4. The lowest BCUT2D eigenvalue weighted by molar-refractivity contribution is -0.140. The number of likely N-dealkylation sites (tertiary alicyclic amines) is 2. The highest BCUT2D eigenvalue weighted by Gasteiger charge is 2.51. The number of piperidine rings is 2. The molecule has 6 unspecified atom stereocenters. The van der Waals surface area contributed by atoms with Crippen molar-refractivity contribution in [1.82, 2.24) is 9.80 Å². The van der Waals surface area contributed by atoms with E-state index in [-0.39, 0.29) is 38.8 Å². The van der Waals surface area contributed by atoms with Crippen molar-refractivity contribution in [2.75, 3.05) is 88.4 Å². The second-order valence-corrected chi connectivity index (χ2v) is 46.3. The number of rotatable bonds is 1. The van der Waals surface area contributed by atoms with Gasteiger partial charge in [0.1, 0.15) is 18.1 Å². The number of hydrogen-bond acceptors (Lipinski definition) is 11. The largest absolute Gasteiger partial charge is 0.506 e. The summed E-state index contributed by atoms with van der Waals surface area (Å²) in [5.41, 5.74) is 17.9. The van der Waals surface area contributed by atoms with Crippen molar-refractivity contribution >= 4 is 34.1 Å². The molecule has 0 spiro atoms. The maximum Gasteiger partial charge on any atom is 0.142 e. The standard InChI is InChI=1S/C19H29NO.C15H23N.2C14H21N.C13H19NO.C13H25N.C13H19N.C12H17NO/c1-18(2,3)20-14-13-19(21,15-9-5-4-6-10-15)16-11-7-8-12-17(16)20;1-14(2,3)16-11-10-15(4,5)12-8-6-7-9-13(12)16;1-11-9-10-15(14(2,3)4)13-8-6-5-7-12(11)13;1-14(2,3)15-11-7-6-9-12-8-4-5-10-13(12)15;1-13(2,3)14-9-5-7-10-6-4-8-11(15)12(10)14;2*1-13(2,3)14-10-6-8-11-7-4-5-9-12(11)14;1-12(2,3)13-8-9-14-11-7-5-4-6-10(11)13/h4-6,9-10,16-17,21H,7-8,11-14H2,1-3H3;6-9H,10-11H2,1-5H3;5-8,11H,9-10H2,1-4H3;4-5,8,10H,6-7,9,11H2,1-3H3;4,6,8,15H,5,7,9H2,1-3H3;11-12H,4-10H2,1-3H3;4-5,7,9H,6,8,10H2,1-3H3;4-7H,8-9H2,1-3H3. The Bertz CT molecular complexity index is 4360. The van der Waals surface area contributed by atoms with E-state index < -0.39 is 5.60 Å². The third-order valence-electron chi connectivity index (χ3n) is 28.4. The molecule has 4 fully saturated rings. The predicted octanol–water partition coefficient (Wildman–Crippen LogP) is 27.6. The summed E-state index contributed by atoms with van der Waals surface area (Å²) in [5, 5.41) is 21.4. The number of phenols is 1. The van der Waals surface area contributed by atoms with E-state index in [1.807, 2.05) is 24.3 Å². The maximum absolute atomic E-state index is 11.5. The van der Waals surface area contributed by atoms with E-state index in [9.17, 15) is 10.2 Å². The van der Waals surface area contributed by atoms with Gasteiger partial charge in [0.25, 0.3) is 0 Å². The average Bonchev–Trinajstić information content (AvgIpc) is 0.766. The first-order chi connectivity index (χ1) is 58.1. The van der Waals surface area contributed by atoms with Crippen molar-refractivity contribution in [1.29, 1.82) is 0 Å². The van der Waals surface area contributed by atoms with E-state index in [0.717, 1.165) is 81.0 Å². The molecular formula is C113H174N8O3. The molecule has 684 valence electrons. The molecule has 124 heavy (non-hydrogen) atoms. The van der Waals surface area contributed by atoms with E-state index in [0.29, 0.717) is 34.6 Å². The van der Waals surface area contributed by atoms with Crippen LogP contribution in [0.4, 0.5) is 34.1 Å². The lowest BCUT2D eigenvalue weighted by atomic mass is 9.65. The van der Waals surface area contributed by atoms with Crippen molar-refractivity contribution in [2.24, 2.45) is 11.8 Å². The Morgan fingerprint density at radius 2 is 0.766 bits per heavy atom. The summed E-state index contributed by atoms with van der Waals surface area (Å²) >= 11 is 0. The normalized spacial score (nSPS) is 22.7. The number of hydrogen-bond donors (Lipinski definition) is 2. The molecule has 17 rings (SSSR count). The van der Waals surface area contributed by atoms with E-state index in [1.165, 1.54) is 192 Å². The zero-order chi connectivity index (χ0) is 90.6. The molecule has 11 heteroatoms. The second kappa shape index (κ2) is 41.5. The van der Waals surface area contributed by atoms with Gasteiger partial charge >= 0.3 is 0 Å². The SMILES string of the molecule is CC(C)(C)N1CCC(O)(c2ccccc2)C2CCCCC21.CC(C)(C)N1CCCC2CCCCC21.CC(C)(C)N1CCCCc2ccccc21.CC(C)(C)N1CCCc2cccc(O)c21.CC(C)(C)N1CCCc2ccccc21.CC(C)(C)N1CCOc2ccccc21.CC1(C)CCN(C(C)(C)C)c2ccccc21.CC1CCN(C(C)(C)C)c2ccccc21. The van der Waals surface area contributed by atoms with Crippen LogP contribution in [0.15, 0.2) is 170 Å². The van der Waals surface area contributed by atoms with Crippen LogP contribution in [0.2, 0.25) is 0 Å². The molecule has 6 atom stereocenters. The molecule has 0 amide bonds. The summed E-state index contributed by atoms with van der Waals surface area (Å²) in [6.07, 6.45) is 25.8. The molecule has 7 aromatic rings. The lowest BCUT2D eigenvalue weighted by Crippen LogP contribution is -2.62. The first-order valence-electron chi connectivity index (χ1n) is 48.9. The van der Waals surface area contributed by atoms with Crippen LogP contribution < -0.4 is 34.1 Å². The zero-order valence-electron chi connectivity index (χ0n) is 83.4. The third kappa shape index (κ3) is 25.4. The van der Waals surface area contributed by atoms with Gasteiger partial charge in [-0.25, -0.2) is 0 Å². The predicted molar refractivity (Wildman–Crippen MR) is 537 cm³/mol. The maximum atomic E-state index is 11.5. The number of ether oxygens (including phenoxy) is 1. The van der Waals surface area contributed by atoms with Gasteiger partial charge in [-0.1, -0.05) is 174 Å². The molecule has 2 saturated heterocycles. The molecule has 0 radical (unpaired) electrons. The van der Waals surface area contributed by atoms with Gasteiger partial charge in [0, 0.05) is 124 Å². The molecular weight excluding hydrogens is 1520 g/mol. The number of aliphatic hydroxyl groups is 1. The van der Waals surface area contributed by atoms with Crippen LogP contribution in [-0.2, 0) is 30.3 Å². The van der Waals surface area contributed by atoms with E-state index in [4.69, 9.17) is 4.74 Å². The second-order valence-electron chi connectivity index (χ2n) is 46.3. The molecule has 8 heterocycles. The smallest absolute Gasteiger partial charge is 0.142 e. The van der Waals surface area contributed by atoms with Gasteiger partial charge < -0.3 is 44.3 Å². The summed E-state index contributed by atoms with van der Waals surface area (Å²) in [6.45, 7) is 71.7. The van der Waals surface area contributed by atoms with E-state index >= 15 is 0 Å². The number of anilines is 6. The number of benzene rings is 7. The van der Waals surface area contributed by atoms with Gasteiger partial charge in [0.05, 0.1) is 23.5 Å². The van der Waals surface area contributed by atoms with Crippen LogP contribution in [0.5, 0.6) is 11.5 Å². The summed E-state index contributed by atoms with van der Waals surface area (Å²) in [6, 6.07) is 61.2.